The van der Waals surface area contributed by atoms with Crippen molar-refractivity contribution in [3.63, 3.8) is 0 Å². The van der Waals surface area contributed by atoms with Crippen LogP contribution in [0.2, 0.25) is 0 Å². The first-order valence-electron chi connectivity index (χ1n) is 9.47. The van der Waals surface area contributed by atoms with Crippen molar-refractivity contribution < 1.29 is 9.53 Å². The third-order valence-corrected chi connectivity index (χ3v) is 4.50. The molecule has 0 bridgehead atoms. The Balaban J connectivity index is 0.00000364. The van der Waals surface area contributed by atoms with Crippen LogP contribution in [-0.2, 0) is 4.79 Å². The van der Waals surface area contributed by atoms with E-state index in [1.807, 2.05) is 56.0 Å². The van der Waals surface area contributed by atoms with Crippen molar-refractivity contribution in [3.05, 3.63) is 30.3 Å². The van der Waals surface area contributed by atoms with E-state index in [1.54, 1.807) is 7.05 Å². The number of amides is 1. The van der Waals surface area contributed by atoms with E-state index in [9.17, 15) is 4.79 Å². The summed E-state index contributed by atoms with van der Waals surface area (Å²) in [6, 6.07) is 10.1. The molecule has 0 spiro atoms. The molecule has 1 heterocycles. The maximum absolute atomic E-state index is 12.1. The highest BCUT2D eigenvalue weighted by atomic mass is 127. The van der Waals surface area contributed by atoms with Crippen molar-refractivity contribution in [3.8, 4) is 5.75 Å². The molecule has 1 fully saturated rings. The largest absolute Gasteiger partial charge is 0.489 e. The Kier molecular flexibility index (Phi) is 10.5. The molecule has 1 aliphatic heterocycles. The highest BCUT2D eigenvalue weighted by Gasteiger charge is 2.24. The minimum absolute atomic E-state index is 0. The molecule has 152 valence electrons. The van der Waals surface area contributed by atoms with E-state index in [0.29, 0.717) is 12.6 Å². The fourth-order valence-electron chi connectivity index (χ4n) is 3.01. The Morgan fingerprint density at radius 3 is 2.41 bits per heavy atom. The van der Waals surface area contributed by atoms with Gasteiger partial charge in [0.25, 0.3) is 0 Å². The van der Waals surface area contributed by atoms with Crippen LogP contribution < -0.4 is 15.4 Å². The number of carbonyl (C=O) groups excluding carboxylic acids is 1. The SMILES string of the molecule is CN=C(NCC(C)Oc1ccccc1)NC1CCN(C(=O)C(C)C)CC1.I. The molecule has 0 radical (unpaired) electrons. The normalized spacial score (nSPS) is 16.5. The molecule has 0 aliphatic carbocycles. The molecular weight excluding hydrogens is 455 g/mol. The highest BCUT2D eigenvalue weighted by Crippen LogP contribution is 2.13. The summed E-state index contributed by atoms with van der Waals surface area (Å²) < 4.78 is 5.87. The van der Waals surface area contributed by atoms with Crippen molar-refractivity contribution in [2.24, 2.45) is 10.9 Å². The first-order chi connectivity index (χ1) is 12.5. The summed E-state index contributed by atoms with van der Waals surface area (Å²) in [5, 5.41) is 6.78. The number of benzene rings is 1. The minimum Gasteiger partial charge on any atom is -0.489 e. The van der Waals surface area contributed by atoms with Crippen LogP contribution in [0.25, 0.3) is 0 Å². The molecule has 1 saturated heterocycles. The van der Waals surface area contributed by atoms with E-state index in [4.69, 9.17) is 4.74 Å². The van der Waals surface area contributed by atoms with Crippen LogP contribution in [0.5, 0.6) is 5.75 Å². The van der Waals surface area contributed by atoms with Gasteiger partial charge in [-0.25, -0.2) is 0 Å². The lowest BCUT2D eigenvalue weighted by atomic mass is 10.0. The van der Waals surface area contributed by atoms with Gasteiger partial charge in [-0.15, -0.1) is 24.0 Å². The standard InChI is InChI=1S/C20H32N4O2.HI/c1-15(2)19(25)24-12-10-17(11-13-24)23-20(21-4)22-14-16(3)26-18-8-6-5-7-9-18;/h5-9,15-17H,10-14H2,1-4H3,(H2,21,22,23);1H. The van der Waals surface area contributed by atoms with E-state index in [-0.39, 0.29) is 41.9 Å². The van der Waals surface area contributed by atoms with E-state index in [2.05, 4.69) is 15.6 Å². The van der Waals surface area contributed by atoms with Gasteiger partial charge in [-0.3, -0.25) is 9.79 Å². The van der Waals surface area contributed by atoms with Crippen LogP contribution in [0.15, 0.2) is 35.3 Å². The maximum atomic E-state index is 12.1. The van der Waals surface area contributed by atoms with Crippen LogP contribution in [0.3, 0.4) is 0 Å². The second-order valence-electron chi connectivity index (χ2n) is 7.09. The number of hydrogen-bond donors (Lipinski definition) is 2. The quantitative estimate of drug-likeness (QED) is 0.367. The van der Waals surface area contributed by atoms with Gasteiger partial charge >= 0.3 is 0 Å². The van der Waals surface area contributed by atoms with E-state index < -0.39 is 0 Å². The molecule has 2 rings (SSSR count). The lowest BCUT2D eigenvalue weighted by Crippen LogP contribution is -2.51. The number of halogens is 1. The van der Waals surface area contributed by atoms with Crippen molar-refractivity contribution in [2.75, 3.05) is 26.7 Å². The summed E-state index contributed by atoms with van der Waals surface area (Å²) in [5.74, 6) is 1.96. The summed E-state index contributed by atoms with van der Waals surface area (Å²) in [5.41, 5.74) is 0. The van der Waals surface area contributed by atoms with Crippen molar-refractivity contribution in [1.82, 2.24) is 15.5 Å². The van der Waals surface area contributed by atoms with Crippen LogP contribution in [0.4, 0.5) is 0 Å². The van der Waals surface area contributed by atoms with Crippen molar-refractivity contribution in [2.45, 2.75) is 45.8 Å². The smallest absolute Gasteiger partial charge is 0.225 e. The fourth-order valence-corrected chi connectivity index (χ4v) is 3.01. The molecule has 27 heavy (non-hydrogen) atoms. The molecule has 7 heteroatoms. The third-order valence-electron chi connectivity index (χ3n) is 4.50. The summed E-state index contributed by atoms with van der Waals surface area (Å²) in [6.45, 7) is 8.22. The fraction of sp³-hybridized carbons (Fsp3) is 0.600. The topological polar surface area (TPSA) is 66.0 Å². The van der Waals surface area contributed by atoms with Gasteiger partial charge in [-0.1, -0.05) is 32.0 Å². The highest BCUT2D eigenvalue weighted by molar-refractivity contribution is 14.0. The summed E-state index contributed by atoms with van der Waals surface area (Å²) in [4.78, 5) is 18.3. The molecular formula is C20H33IN4O2. The predicted octanol–water partition coefficient (Wildman–Crippen LogP) is 2.88. The zero-order chi connectivity index (χ0) is 18.9. The molecule has 1 amide bonds. The number of hydrogen-bond acceptors (Lipinski definition) is 3. The Bertz CT molecular complexity index is 587. The van der Waals surface area contributed by atoms with Crippen molar-refractivity contribution in [1.29, 1.82) is 0 Å². The van der Waals surface area contributed by atoms with Gasteiger partial charge in [-0.2, -0.15) is 0 Å². The van der Waals surface area contributed by atoms with Gasteiger partial charge in [0.2, 0.25) is 5.91 Å². The number of carbonyl (C=O) groups is 1. The van der Waals surface area contributed by atoms with Gasteiger partial charge < -0.3 is 20.3 Å². The average Bonchev–Trinajstić information content (AvgIpc) is 2.65. The number of nitrogens with zero attached hydrogens (tertiary/aromatic N) is 2. The van der Waals surface area contributed by atoms with E-state index in [1.165, 1.54) is 0 Å². The number of guanidine groups is 1. The Hall–Kier alpha value is -1.51. The Morgan fingerprint density at radius 1 is 1.22 bits per heavy atom. The Morgan fingerprint density at radius 2 is 1.85 bits per heavy atom. The van der Waals surface area contributed by atoms with Gasteiger partial charge in [0.1, 0.15) is 11.9 Å². The number of para-hydroxylation sites is 1. The monoisotopic (exact) mass is 488 g/mol. The average molecular weight is 488 g/mol. The van der Waals surface area contributed by atoms with E-state index >= 15 is 0 Å². The first kappa shape index (κ1) is 23.5. The van der Waals surface area contributed by atoms with E-state index in [0.717, 1.165) is 37.6 Å². The van der Waals surface area contributed by atoms with Crippen LogP contribution in [-0.4, -0.2) is 55.6 Å². The molecule has 1 aromatic carbocycles. The van der Waals surface area contributed by atoms with Gasteiger partial charge in [0, 0.05) is 32.1 Å². The number of nitrogens with one attached hydrogen (secondary N) is 2. The Labute approximate surface area is 180 Å². The molecule has 6 nitrogen and oxygen atoms in total. The number of rotatable bonds is 6. The lowest BCUT2D eigenvalue weighted by Gasteiger charge is -2.34. The maximum Gasteiger partial charge on any atom is 0.225 e. The van der Waals surface area contributed by atoms with Gasteiger partial charge in [-0.05, 0) is 31.9 Å². The van der Waals surface area contributed by atoms with Crippen molar-refractivity contribution >= 4 is 35.8 Å². The third kappa shape index (κ3) is 7.94. The number of aliphatic imine (C=N–C) groups is 1. The van der Waals surface area contributed by atoms with Gasteiger partial charge in [0.05, 0.1) is 6.54 Å². The second-order valence-corrected chi connectivity index (χ2v) is 7.09. The van der Waals surface area contributed by atoms with Crippen LogP contribution in [0, 0.1) is 5.92 Å². The molecule has 1 aliphatic rings. The summed E-state index contributed by atoms with van der Waals surface area (Å²) in [7, 11) is 1.77. The van der Waals surface area contributed by atoms with Crippen LogP contribution in [0.1, 0.15) is 33.6 Å². The van der Waals surface area contributed by atoms with Crippen LogP contribution >= 0.6 is 24.0 Å². The summed E-state index contributed by atoms with van der Waals surface area (Å²) >= 11 is 0. The molecule has 0 aromatic heterocycles. The minimum atomic E-state index is 0. The molecule has 2 N–H and O–H groups in total. The zero-order valence-electron chi connectivity index (χ0n) is 16.8. The number of ether oxygens (including phenoxy) is 1. The summed E-state index contributed by atoms with van der Waals surface area (Å²) in [6.07, 6.45) is 1.91. The number of piperidine rings is 1. The predicted molar refractivity (Wildman–Crippen MR) is 121 cm³/mol. The molecule has 1 unspecified atom stereocenters. The lowest BCUT2D eigenvalue weighted by molar-refractivity contribution is -0.135. The second kappa shape index (κ2) is 12.0. The number of likely N-dealkylation sites (tertiary alicyclic amines) is 1. The molecule has 1 aromatic rings. The van der Waals surface area contributed by atoms with Gasteiger partial charge in [0.15, 0.2) is 5.96 Å². The zero-order valence-corrected chi connectivity index (χ0v) is 19.1. The molecule has 0 saturated carbocycles. The molecule has 1 atom stereocenters. The first-order valence-corrected chi connectivity index (χ1v) is 9.47.